The molecule has 0 radical (unpaired) electrons. The Bertz CT molecular complexity index is 743. The van der Waals surface area contributed by atoms with E-state index in [2.05, 4.69) is 19.2 Å². The molecule has 0 fully saturated rings. The lowest BCUT2D eigenvalue weighted by Gasteiger charge is -2.24. The van der Waals surface area contributed by atoms with Crippen molar-refractivity contribution in [3.05, 3.63) is 29.8 Å². The van der Waals surface area contributed by atoms with Gasteiger partial charge in [0.25, 0.3) is 0 Å². The van der Waals surface area contributed by atoms with Crippen LogP contribution in [0.5, 0.6) is 5.75 Å². The maximum absolute atomic E-state index is 12.8. The molecule has 3 atom stereocenters. The van der Waals surface area contributed by atoms with Crippen molar-refractivity contribution in [1.29, 1.82) is 0 Å². The fourth-order valence-electron chi connectivity index (χ4n) is 3.51. The van der Waals surface area contributed by atoms with Gasteiger partial charge in [0.05, 0.1) is 18.4 Å². The Hall–Kier alpha value is -2.64. The molecule has 0 saturated carbocycles. The van der Waals surface area contributed by atoms with E-state index >= 15 is 0 Å². The number of rotatable bonds is 15. The maximum atomic E-state index is 12.8. The summed E-state index contributed by atoms with van der Waals surface area (Å²) in [5.41, 5.74) is 0.554. The minimum atomic E-state index is -1.06. The fraction of sp³-hybridized carbons (Fsp3) is 0.625. The molecule has 32 heavy (non-hydrogen) atoms. The number of ether oxygens (including phenoxy) is 1. The first-order valence-electron chi connectivity index (χ1n) is 11.2. The molecule has 0 bridgehead atoms. The van der Waals surface area contributed by atoms with Crippen LogP contribution >= 0.6 is 0 Å². The summed E-state index contributed by atoms with van der Waals surface area (Å²) in [6, 6.07) is 5.82. The molecule has 0 aliphatic heterocycles. The van der Waals surface area contributed by atoms with Gasteiger partial charge in [0.15, 0.2) is 0 Å². The molecule has 0 heterocycles. The van der Waals surface area contributed by atoms with Gasteiger partial charge in [-0.05, 0) is 30.0 Å². The average Bonchev–Trinajstić information content (AvgIpc) is 2.75. The van der Waals surface area contributed by atoms with Gasteiger partial charge in [-0.1, -0.05) is 45.7 Å². The first-order valence-corrected chi connectivity index (χ1v) is 11.2. The number of hydrogen-bond donors (Lipinski definition) is 2. The summed E-state index contributed by atoms with van der Waals surface area (Å²) < 4.78 is 17.6. The van der Waals surface area contributed by atoms with E-state index in [0.717, 1.165) is 19.3 Å². The number of nitrogens with zero attached hydrogens (tertiary/aromatic N) is 1. The van der Waals surface area contributed by atoms with Crippen molar-refractivity contribution in [1.82, 2.24) is 10.2 Å². The summed E-state index contributed by atoms with van der Waals surface area (Å²) in [6.45, 7) is 5.46. The highest BCUT2D eigenvalue weighted by molar-refractivity contribution is 5.81. The molecule has 0 saturated heterocycles. The average molecular weight is 453 g/mol. The first kappa shape index (κ1) is 27.4. The van der Waals surface area contributed by atoms with E-state index in [4.69, 9.17) is 4.74 Å². The third kappa shape index (κ3) is 10.1. The van der Waals surface area contributed by atoms with Gasteiger partial charge in [0, 0.05) is 20.0 Å². The lowest BCUT2D eigenvalue weighted by atomic mass is 9.99. The molecule has 180 valence electrons. The Balaban J connectivity index is 2.73. The van der Waals surface area contributed by atoms with E-state index in [1.807, 2.05) is 0 Å². The highest BCUT2D eigenvalue weighted by Crippen LogP contribution is 2.23. The summed E-state index contributed by atoms with van der Waals surface area (Å²) in [5.74, 6) is -1.04. The van der Waals surface area contributed by atoms with Gasteiger partial charge in [0.2, 0.25) is 11.8 Å². The SMILES string of the molecule is CCCC(C)CCC(=O)N(C)CC(C)C(=O)NC(CC(=O)O)c1cccc(OCCF)c1. The van der Waals surface area contributed by atoms with E-state index in [0.29, 0.717) is 23.7 Å². The van der Waals surface area contributed by atoms with Gasteiger partial charge in [-0.3, -0.25) is 14.4 Å². The number of hydrogen-bond acceptors (Lipinski definition) is 4. The fourth-order valence-corrected chi connectivity index (χ4v) is 3.51. The number of halogens is 1. The van der Waals surface area contributed by atoms with Crippen molar-refractivity contribution in [2.45, 2.75) is 58.9 Å². The van der Waals surface area contributed by atoms with Crippen LogP contribution in [0.3, 0.4) is 0 Å². The van der Waals surface area contributed by atoms with Crippen LogP contribution in [-0.4, -0.2) is 54.7 Å². The molecule has 2 N–H and O–H groups in total. The molecule has 8 heteroatoms. The Labute approximate surface area is 190 Å². The number of carbonyl (C=O) groups is 3. The Kier molecular flexibility index (Phi) is 12.4. The van der Waals surface area contributed by atoms with Gasteiger partial charge in [0.1, 0.15) is 19.0 Å². The summed E-state index contributed by atoms with van der Waals surface area (Å²) in [4.78, 5) is 38.1. The number of alkyl halides is 1. The zero-order chi connectivity index (χ0) is 24.1. The van der Waals surface area contributed by atoms with Crippen molar-refractivity contribution < 1.29 is 28.6 Å². The summed E-state index contributed by atoms with van der Waals surface area (Å²) in [5, 5.41) is 12.1. The van der Waals surface area contributed by atoms with Crippen LogP contribution in [-0.2, 0) is 14.4 Å². The second-order valence-electron chi connectivity index (χ2n) is 8.38. The van der Waals surface area contributed by atoms with Crippen LogP contribution in [0.15, 0.2) is 24.3 Å². The molecule has 0 aliphatic rings. The van der Waals surface area contributed by atoms with Gasteiger partial charge >= 0.3 is 5.97 Å². The van der Waals surface area contributed by atoms with Gasteiger partial charge in [-0.2, -0.15) is 0 Å². The quantitative estimate of drug-likeness (QED) is 0.420. The van der Waals surface area contributed by atoms with Crippen molar-refractivity contribution in [2.75, 3.05) is 26.9 Å². The highest BCUT2D eigenvalue weighted by Gasteiger charge is 2.24. The summed E-state index contributed by atoms with van der Waals surface area (Å²) >= 11 is 0. The normalized spacial score (nSPS) is 13.7. The van der Waals surface area contributed by atoms with Gasteiger partial charge in [-0.25, -0.2) is 4.39 Å². The number of carboxylic acid groups (broad SMARTS) is 1. The number of amides is 2. The van der Waals surface area contributed by atoms with Gasteiger partial charge < -0.3 is 20.1 Å². The Morgan fingerprint density at radius 3 is 2.56 bits per heavy atom. The van der Waals surface area contributed by atoms with Crippen LogP contribution < -0.4 is 10.1 Å². The molecule has 3 unspecified atom stereocenters. The number of nitrogens with one attached hydrogen (secondary N) is 1. The van der Waals surface area contributed by atoms with Crippen molar-refractivity contribution in [3.8, 4) is 5.75 Å². The first-order chi connectivity index (χ1) is 15.2. The number of aliphatic carboxylic acids is 1. The van der Waals surface area contributed by atoms with E-state index in [1.54, 1.807) is 43.1 Å². The second kappa shape index (κ2) is 14.4. The van der Waals surface area contributed by atoms with Crippen LogP contribution in [0, 0.1) is 11.8 Å². The Morgan fingerprint density at radius 2 is 1.94 bits per heavy atom. The minimum Gasteiger partial charge on any atom is -0.491 e. The lowest BCUT2D eigenvalue weighted by molar-refractivity contribution is -0.138. The topological polar surface area (TPSA) is 95.9 Å². The highest BCUT2D eigenvalue weighted by atomic mass is 19.1. The molecule has 1 rings (SSSR count). The lowest BCUT2D eigenvalue weighted by Crippen LogP contribution is -2.40. The number of carbonyl (C=O) groups excluding carboxylic acids is 2. The molecular formula is C24H37FN2O5. The molecule has 0 aliphatic carbocycles. The van der Waals surface area contributed by atoms with Crippen LogP contribution in [0.2, 0.25) is 0 Å². The summed E-state index contributed by atoms with van der Waals surface area (Å²) in [6.07, 6.45) is 3.12. The van der Waals surface area contributed by atoms with Crippen molar-refractivity contribution >= 4 is 17.8 Å². The standard InChI is InChI=1S/C24H37FN2O5/c1-5-7-17(2)10-11-22(28)27(4)16-18(3)24(31)26-21(15-23(29)30)19-8-6-9-20(14-19)32-13-12-25/h6,8-9,14,17-18,21H,5,7,10-13,15-16H2,1-4H3,(H,26,31)(H,29,30). The summed E-state index contributed by atoms with van der Waals surface area (Å²) in [7, 11) is 1.68. The third-order valence-corrected chi connectivity index (χ3v) is 5.36. The van der Waals surface area contributed by atoms with Crippen molar-refractivity contribution in [2.24, 2.45) is 11.8 Å². The van der Waals surface area contributed by atoms with Gasteiger partial charge in [-0.15, -0.1) is 0 Å². The molecule has 1 aromatic carbocycles. The van der Waals surface area contributed by atoms with Crippen molar-refractivity contribution in [3.63, 3.8) is 0 Å². The monoisotopic (exact) mass is 452 g/mol. The molecule has 7 nitrogen and oxygen atoms in total. The van der Waals surface area contributed by atoms with E-state index < -0.39 is 24.6 Å². The van der Waals surface area contributed by atoms with Crippen LogP contribution in [0.25, 0.3) is 0 Å². The molecular weight excluding hydrogens is 415 g/mol. The molecule has 1 aromatic rings. The predicted octanol–water partition coefficient (Wildman–Crippen LogP) is 3.98. The zero-order valence-corrected chi connectivity index (χ0v) is 19.6. The van der Waals surface area contributed by atoms with Crippen LogP contribution in [0.4, 0.5) is 4.39 Å². The Morgan fingerprint density at radius 1 is 1.22 bits per heavy atom. The zero-order valence-electron chi connectivity index (χ0n) is 19.6. The molecule has 0 aromatic heterocycles. The van der Waals surface area contributed by atoms with Crippen LogP contribution in [0.1, 0.15) is 64.5 Å². The largest absolute Gasteiger partial charge is 0.491 e. The van der Waals surface area contributed by atoms with E-state index in [9.17, 15) is 23.9 Å². The molecule has 0 spiro atoms. The predicted molar refractivity (Wildman–Crippen MR) is 121 cm³/mol. The third-order valence-electron chi connectivity index (χ3n) is 5.36. The minimum absolute atomic E-state index is 0.00704. The number of benzene rings is 1. The van der Waals surface area contributed by atoms with E-state index in [1.165, 1.54) is 0 Å². The molecule has 2 amide bonds. The van der Waals surface area contributed by atoms with E-state index in [-0.39, 0.29) is 31.4 Å². The smallest absolute Gasteiger partial charge is 0.305 e. The number of carboxylic acids is 1. The second-order valence-corrected chi connectivity index (χ2v) is 8.38. The maximum Gasteiger partial charge on any atom is 0.305 e.